The van der Waals surface area contributed by atoms with Gasteiger partial charge in [-0.1, -0.05) is 140 Å². The fraction of sp³-hybridized carbons (Fsp3) is 0.0189. The van der Waals surface area contributed by atoms with Crippen LogP contribution in [0.15, 0.2) is 200 Å². The number of hydrogen-bond acceptors (Lipinski definition) is 1. The van der Waals surface area contributed by atoms with Crippen molar-refractivity contribution in [2.75, 3.05) is 4.90 Å². The fourth-order valence-corrected chi connectivity index (χ4v) is 10.1. The van der Waals surface area contributed by atoms with Gasteiger partial charge in [0.05, 0.1) is 27.8 Å². The van der Waals surface area contributed by atoms with Crippen LogP contribution in [0.1, 0.15) is 22.3 Å². The summed E-state index contributed by atoms with van der Waals surface area (Å²) in [4.78, 5) is 2.11. The minimum Gasteiger partial charge on any atom is -0.309 e. The summed E-state index contributed by atoms with van der Waals surface area (Å²) in [5.74, 6) is -0.272. The number of aromatic nitrogens is 1. The number of fused-ring (bicyclic) bond motifs is 15. The van der Waals surface area contributed by atoms with E-state index in [1.165, 1.54) is 66.3 Å². The molecule has 0 fully saturated rings. The van der Waals surface area contributed by atoms with Crippen molar-refractivity contribution in [1.29, 1.82) is 0 Å². The average molecular weight is 717 g/mol. The minimum absolute atomic E-state index is 0.272. The molecule has 262 valence electrons. The first kappa shape index (κ1) is 31.2. The fourth-order valence-electron chi connectivity index (χ4n) is 10.1. The lowest BCUT2D eigenvalue weighted by molar-refractivity contribution is 0.629. The second kappa shape index (κ2) is 11.6. The lowest BCUT2D eigenvalue weighted by Gasteiger charge is -2.33. The molecule has 0 saturated heterocycles. The molecule has 9 aromatic carbocycles. The van der Waals surface area contributed by atoms with Crippen LogP contribution in [0.5, 0.6) is 0 Å². The molecule has 0 amide bonds. The number of rotatable bonds is 4. The standard InChI is InChI=1S/C53H33FN2/c54-47-28-14-16-30-49(47)56(35-19-5-2-6-20-35)51-33-46-52(40-25-8-7-23-38(40)51)42-32-50-41(39-24-11-15-29-48(39)55(50)34-17-3-1-4-18-34)31-45(42)53(46)43-26-12-9-21-36(43)37-22-10-13-27-44(37)53/h1-33H. The predicted molar refractivity (Wildman–Crippen MR) is 229 cm³/mol. The minimum atomic E-state index is -0.627. The van der Waals surface area contributed by atoms with Crippen LogP contribution in [0.25, 0.3) is 60.5 Å². The van der Waals surface area contributed by atoms with Crippen LogP contribution >= 0.6 is 0 Å². The van der Waals surface area contributed by atoms with Gasteiger partial charge >= 0.3 is 0 Å². The van der Waals surface area contributed by atoms with E-state index in [1.54, 1.807) is 12.1 Å². The van der Waals surface area contributed by atoms with Crippen molar-refractivity contribution in [1.82, 2.24) is 4.57 Å². The molecule has 2 aliphatic rings. The van der Waals surface area contributed by atoms with Crippen LogP contribution in [0.2, 0.25) is 0 Å². The van der Waals surface area contributed by atoms with Gasteiger partial charge in [-0.15, -0.1) is 0 Å². The molecule has 1 aromatic heterocycles. The molecular formula is C53H33FN2. The van der Waals surface area contributed by atoms with E-state index in [9.17, 15) is 0 Å². The number of hydrogen-bond donors (Lipinski definition) is 0. The van der Waals surface area contributed by atoms with E-state index in [1.807, 2.05) is 30.3 Å². The third kappa shape index (κ3) is 4.04. The van der Waals surface area contributed by atoms with Crippen molar-refractivity contribution in [3.63, 3.8) is 0 Å². The van der Waals surface area contributed by atoms with Crippen molar-refractivity contribution in [3.05, 3.63) is 228 Å². The van der Waals surface area contributed by atoms with E-state index in [4.69, 9.17) is 0 Å². The molecule has 0 bridgehead atoms. The molecule has 0 N–H and O–H groups in total. The van der Waals surface area contributed by atoms with Crippen molar-refractivity contribution in [2.45, 2.75) is 5.41 Å². The van der Waals surface area contributed by atoms with Crippen LogP contribution in [-0.4, -0.2) is 4.57 Å². The van der Waals surface area contributed by atoms with E-state index in [0.29, 0.717) is 5.69 Å². The normalized spacial score (nSPS) is 13.2. The second-order valence-corrected chi connectivity index (χ2v) is 14.9. The van der Waals surface area contributed by atoms with Gasteiger partial charge in [0.15, 0.2) is 0 Å². The molecule has 2 aliphatic carbocycles. The first-order chi connectivity index (χ1) is 27.7. The summed E-state index contributed by atoms with van der Waals surface area (Å²) in [6.07, 6.45) is 0. The number of para-hydroxylation sites is 4. The third-order valence-corrected chi connectivity index (χ3v) is 12.2. The van der Waals surface area contributed by atoms with Gasteiger partial charge < -0.3 is 9.47 Å². The Labute approximate surface area is 324 Å². The second-order valence-electron chi connectivity index (χ2n) is 14.9. The molecule has 0 saturated carbocycles. The molecule has 2 nitrogen and oxygen atoms in total. The maximum Gasteiger partial charge on any atom is 0.147 e. The Morgan fingerprint density at radius 2 is 0.982 bits per heavy atom. The molecular weight excluding hydrogens is 684 g/mol. The number of nitrogens with zero attached hydrogens (tertiary/aromatic N) is 2. The molecule has 0 unspecified atom stereocenters. The largest absolute Gasteiger partial charge is 0.309 e. The van der Waals surface area contributed by atoms with Crippen LogP contribution in [-0.2, 0) is 5.41 Å². The quantitative estimate of drug-likeness (QED) is 0.176. The van der Waals surface area contributed by atoms with Crippen molar-refractivity contribution in [3.8, 4) is 27.9 Å². The summed E-state index contributed by atoms with van der Waals surface area (Å²) in [6, 6.07) is 70.7. The Balaban J connectivity index is 1.28. The van der Waals surface area contributed by atoms with Crippen LogP contribution in [0.3, 0.4) is 0 Å². The number of anilines is 3. The highest BCUT2D eigenvalue weighted by Crippen LogP contribution is 2.65. The van der Waals surface area contributed by atoms with Gasteiger partial charge in [-0.05, 0) is 111 Å². The zero-order valence-electron chi connectivity index (χ0n) is 30.3. The van der Waals surface area contributed by atoms with Gasteiger partial charge in [0.25, 0.3) is 0 Å². The van der Waals surface area contributed by atoms with E-state index >= 15 is 4.39 Å². The first-order valence-corrected chi connectivity index (χ1v) is 19.2. The highest BCUT2D eigenvalue weighted by atomic mass is 19.1. The van der Waals surface area contributed by atoms with Gasteiger partial charge in [-0.2, -0.15) is 0 Å². The van der Waals surface area contributed by atoms with Gasteiger partial charge in [-0.25, -0.2) is 4.39 Å². The Bertz CT molecular complexity index is 3170. The highest BCUT2D eigenvalue weighted by Gasteiger charge is 2.52. The molecule has 0 radical (unpaired) electrons. The Morgan fingerprint density at radius 3 is 1.71 bits per heavy atom. The van der Waals surface area contributed by atoms with E-state index in [0.717, 1.165) is 27.8 Å². The van der Waals surface area contributed by atoms with Gasteiger partial charge in [0, 0.05) is 27.5 Å². The summed E-state index contributed by atoms with van der Waals surface area (Å²) in [5.41, 5.74) is 15.2. The summed E-state index contributed by atoms with van der Waals surface area (Å²) in [5, 5.41) is 4.64. The summed E-state index contributed by atoms with van der Waals surface area (Å²) in [6.45, 7) is 0. The summed E-state index contributed by atoms with van der Waals surface area (Å²) < 4.78 is 18.6. The predicted octanol–water partition coefficient (Wildman–Crippen LogP) is 13.9. The molecule has 1 spiro atoms. The van der Waals surface area contributed by atoms with Gasteiger partial charge in [-0.3, -0.25) is 0 Å². The van der Waals surface area contributed by atoms with Gasteiger partial charge in [0.2, 0.25) is 0 Å². The summed E-state index contributed by atoms with van der Waals surface area (Å²) >= 11 is 0. The monoisotopic (exact) mass is 716 g/mol. The third-order valence-electron chi connectivity index (χ3n) is 12.2. The SMILES string of the molecule is Fc1ccccc1N(c1ccccc1)c1cc2c(c3ccccc13)-c1cc3c(cc1C21c2ccccc2-c2ccccc21)c1ccccc1n3-c1ccccc1. The van der Waals surface area contributed by atoms with Crippen LogP contribution in [0.4, 0.5) is 21.5 Å². The maximum atomic E-state index is 16.2. The molecule has 12 rings (SSSR count). The van der Waals surface area contributed by atoms with E-state index in [2.05, 4.69) is 167 Å². The Morgan fingerprint density at radius 1 is 0.393 bits per heavy atom. The average Bonchev–Trinajstić information content (AvgIpc) is 3.85. The summed E-state index contributed by atoms with van der Waals surface area (Å²) in [7, 11) is 0. The lowest BCUT2D eigenvalue weighted by atomic mass is 9.70. The van der Waals surface area contributed by atoms with E-state index in [-0.39, 0.29) is 5.82 Å². The first-order valence-electron chi connectivity index (χ1n) is 19.2. The lowest BCUT2D eigenvalue weighted by Crippen LogP contribution is -2.26. The van der Waals surface area contributed by atoms with Crippen molar-refractivity contribution in [2.24, 2.45) is 0 Å². The zero-order valence-corrected chi connectivity index (χ0v) is 30.3. The molecule has 1 heterocycles. The maximum absolute atomic E-state index is 16.2. The van der Waals surface area contributed by atoms with E-state index < -0.39 is 5.41 Å². The van der Waals surface area contributed by atoms with Gasteiger partial charge in [0.1, 0.15) is 5.82 Å². The topological polar surface area (TPSA) is 8.17 Å². The van der Waals surface area contributed by atoms with Crippen LogP contribution < -0.4 is 4.90 Å². The van der Waals surface area contributed by atoms with Crippen molar-refractivity contribution < 1.29 is 4.39 Å². The molecule has 0 aliphatic heterocycles. The number of benzene rings is 9. The zero-order chi connectivity index (χ0) is 37.0. The Hall–Kier alpha value is -7.23. The Kier molecular flexibility index (Phi) is 6.47. The molecule has 10 aromatic rings. The molecule has 3 heteroatoms. The van der Waals surface area contributed by atoms with Crippen LogP contribution in [0, 0.1) is 5.82 Å². The molecule has 0 atom stereocenters. The van der Waals surface area contributed by atoms with Crippen molar-refractivity contribution >= 4 is 49.6 Å². The smallest absolute Gasteiger partial charge is 0.147 e. The number of halogens is 1. The molecule has 56 heavy (non-hydrogen) atoms. The highest BCUT2D eigenvalue weighted by molar-refractivity contribution is 6.16.